The maximum atomic E-state index is 11.9. The second-order valence-corrected chi connectivity index (χ2v) is 5.15. The Morgan fingerprint density at radius 2 is 2.12 bits per heavy atom. The topological polar surface area (TPSA) is 98.1 Å². The van der Waals surface area contributed by atoms with Crippen LogP contribution in [-0.2, 0) is 22.6 Å². The van der Waals surface area contributed by atoms with Crippen molar-refractivity contribution in [2.24, 2.45) is 0 Å². The number of rotatable bonds is 8. The lowest BCUT2D eigenvalue weighted by Gasteiger charge is -2.06. The Balaban J connectivity index is 1.76. The Hall–Kier alpha value is -2.90. The average molecular weight is 331 g/mol. The van der Waals surface area contributed by atoms with E-state index in [0.717, 1.165) is 11.3 Å². The zero-order valence-electron chi connectivity index (χ0n) is 13.8. The smallest absolute Gasteiger partial charge is 0.241 e. The van der Waals surface area contributed by atoms with Crippen molar-refractivity contribution in [3.8, 4) is 5.75 Å². The molecule has 8 heteroatoms. The SMILES string of the molecule is CCC(=O)Nc1cn(CC(=O)NCCc2cccc(OC)c2)nn1. The predicted molar refractivity (Wildman–Crippen MR) is 88.7 cm³/mol. The molecule has 1 heterocycles. The highest BCUT2D eigenvalue weighted by Crippen LogP contribution is 2.12. The lowest BCUT2D eigenvalue weighted by atomic mass is 10.1. The summed E-state index contributed by atoms with van der Waals surface area (Å²) < 4.78 is 6.54. The Bertz CT molecular complexity index is 699. The summed E-state index contributed by atoms with van der Waals surface area (Å²) in [5.41, 5.74) is 1.08. The molecule has 1 aromatic heterocycles. The number of benzene rings is 1. The first-order chi connectivity index (χ1) is 11.6. The van der Waals surface area contributed by atoms with Gasteiger partial charge in [-0.2, -0.15) is 0 Å². The molecule has 0 fully saturated rings. The van der Waals surface area contributed by atoms with Gasteiger partial charge in [-0.05, 0) is 24.1 Å². The predicted octanol–water partition coefficient (Wildman–Crippen LogP) is 0.994. The second-order valence-electron chi connectivity index (χ2n) is 5.15. The van der Waals surface area contributed by atoms with Crippen molar-refractivity contribution in [2.75, 3.05) is 19.0 Å². The Morgan fingerprint density at radius 3 is 2.88 bits per heavy atom. The zero-order chi connectivity index (χ0) is 17.4. The maximum absolute atomic E-state index is 11.9. The van der Waals surface area contributed by atoms with Crippen molar-refractivity contribution >= 4 is 17.6 Å². The first-order valence-electron chi connectivity index (χ1n) is 7.70. The minimum atomic E-state index is -0.170. The molecule has 0 spiro atoms. The second kappa shape index (κ2) is 8.66. The third-order valence-electron chi connectivity index (χ3n) is 3.30. The van der Waals surface area contributed by atoms with Crippen LogP contribution >= 0.6 is 0 Å². The molecule has 128 valence electrons. The molecule has 0 bridgehead atoms. The monoisotopic (exact) mass is 331 g/mol. The van der Waals surface area contributed by atoms with E-state index in [4.69, 9.17) is 4.74 Å². The first kappa shape index (κ1) is 17.5. The largest absolute Gasteiger partial charge is 0.497 e. The summed E-state index contributed by atoms with van der Waals surface area (Å²) in [6.07, 6.45) is 2.59. The molecular weight excluding hydrogens is 310 g/mol. The Kier molecular flexibility index (Phi) is 6.30. The van der Waals surface area contributed by atoms with Gasteiger partial charge in [0.1, 0.15) is 12.3 Å². The molecule has 0 aliphatic heterocycles. The summed E-state index contributed by atoms with van der Waals surface area (Å²) in [5.74, 6) is 0.815. The molecule has 0 unspecified atom stereocenters. The molecule has 2 N–H and O–H groups in total. The van der Waals surface area contributed by atoms with Crippen LogP contribution in [0.2, 0.25) is 0 Å². The fourth-order valence-electron chi connectivity index (χ4n) is 2.04. The Morgan fingerprint density at radius 1 is 1.29 bits per heavy atom. The summed E-state index contributed by atoms with van der Waals surface area (Å²) in [4.78, 5) is 23.2. The maximum Gasteiger partial charge on any atom is 0.241 e. The van der Waals surface area contributed by atoms with Gasteiger partial charge in [-0.25, -0.2) is 4.68 Å². The summed E-state index contributed by atoms with van der Waals surface area (Å²) in [6.45, 7) is 2.31. The number of aromatic nitrogens is 3. The summed E-state index contributed by atoms with van der Waals surface area (Å²) in [6, 6.07) is 7.71. The van der Waals surface area contributed by atoms with E-state index >= 15 is 0 Å². The van der Waals surface area contributed by atoms with Crippen LogP contribution in [0, 0.1) is 0 Å². The molecule has 2 amide bonds. The molecule has 8 nitrogen and oxygen atoms in total. The van der Waals surface area contributed by atoms with E-state index in [1.165, 1.54) is 10.9 Å². The summed E-state index contributed by atoms with van der Waals surface area (Å²) >= 11 is 0. The third kappa shape index (κ3) is 5.38. The number of hydrogen-bond donors (Lipinski definition) is 2. The molecule has 0 saturated carbocycles. The zero-order valence-corrected chi connectivity index (χ0v) is 13.8. The molecule has 2 rings (SSSR count). The highest BCUT2D eigenvalue weighted by Gasteiger charge is 2.07. The van der Waals surface area contributed by atoms with Crippen molar-refractivity contribution in [3.63, 3.8) is 0 Å². The molecule has 1 aromatic carbocycles. The molecule has 0 radical (unpaired) electrons. The van der Waals surface area contributed by atoms with Gasteiger partial charge in [-0.15, -0.1) is 5.10 Å². The number of carbonyl (C=O) groups excluding carboxylic acids is 2. The highest BCUT2D eigenvalue weighted by molar-refractivity contribution is 5.89. The number of nitrogens with one attached hydrogen (secondary N) is 2. The van der Waals surface area contributed by atoms with Gasteiger partial charge < -0.3 is 15.4 Å². The number of carbonyl (C=O) groups is 2. The van der Waals surface area contributed by atoms with E-state index in [1.807, 2.05) is 24.3 Å². The molecule has 0 aliphatic carbocycles. The number of methoxy groups -OCH3 is 1. The summed E-state index contributed by atoms with van der Waals surface area (Å²) in [7, 11) is 1.62. The van der Waals surface area contributed by atoms with E-state index in [9.17, 15) is 9.59 Å². The number of anilines is 1. The minimum Gasteiger partial charge on any atom is -0.497 e. The van der Waals surface area contributed by atoms with Crippen molar-refractivity contribution < 1.29 is 14.3 Å². The van der Waals surface area contributed by atoms with Gasteiger partial charge in [0.05, 0.1) is 13.3 Å². The van der Waals surface area contributed by atoms with E-state index in [1.54, 1.807) is 14.0 Å². The average Bonchev–Trinajstić information content (AvgIpc) is 3.01. The number of amides is 2. The van der Waals surface area contributed by atoms with Crippen LogP contribution in [-0.4, -0.2) is 40.5 Å². The summed E-state index contributed by atoms with van der Waals surface area (Å²) in [5, 5.41) is 13.0. The van der Waals surface area contributed by atoms with Crippen LogP contribution in [0.1, 0.15) is 18.9 Å². The molecule has 2 aromatic rings. The van der Waals surface area contributed by atoms with Crippen LogP contribution < -0.4 is 15.4 Å². The number of ether oxygens (including phenoxy) is 1. The standard InChI is InChI=1S/C16H21N5O3/c1-3-15(22)18-14-10-21(20-19-14)11-16(23)17-8-7-12-5-4-6-13(9-12)24-2/h4-6,9-10H,3,7-8,11H2,1-2H3,(H,17,23)(H,18,22). The highest BCUT2D eigenvalue weighted by atomic mass is 16.5. The van der Waals surface area contributed by atoms with E-state index in [0.29, 0.717) is 25.2 Å². The normalized spacial score (nSPS) is 10.2. The van der Waals surface area contributed by atoms with Crippen molar-refractivity contribution in [2.45, 2.75) is 26.3 Å². The lowest BCUT2D eigenvalue weighted by Crippen LogP contribution is -2.29. The van der Waals surface area contributed by atoms with Gasteiger partial charge in [-0.3, -0.25) is 9.59 Å². The fraction of sp³-hybridized carbons (Fsp3) is 0.375. The third-order valence-corrected chi connectivity index (χ3v) is 3.30. The number of nitrogens with zero attached hydrogens (tertiary/aromatic N) is 3. The van der Waals surface area contributed by atoms with Gasteiger partial charge in [0.2, 0.25) is 11.8 Å². The van der Waals surface area contributed by atoms with Crippen LogP contribution in [0.4, 0.5) is 5.82 Å². The van der Waals surface area contributed by atoms with Crippen molar-refractivity contribution in [3.05, 3.63) is 36.0 Å². The molecule has 24 heavy (non-hydrogen) atoms. The fourth-order valence-corrected chi connectivity index (χ4v) is 2.04. The molecule has 0 aliphatic rings. The first-order valence-corrected chi connectivity index (χ1v) is 7.70. The van der Waals surface area contributed by atoms with Gasteiger partial charge in [0.15, 0.2) is 5.82 Å². The quantitative estimate of drug-likeness (QED) is 0.752. The van der Waals surface area contributed by atoms with Crippen LogP contribution in [0.25, 0.3) is 0 Å². The number of hydrogen-bond acceptors (Lipinski definition) is 5. The van der Waals surface area contributed by atoms with Crippen molar-refractivity contribution in [1.29, 1.82) is 0 Å². The van der Waals surface area contributed by atoms with Crippen LogP contribution in [0.15, 0.2) is 30.5 Å². The van der Waals surface area contributed by atoms with Gasteiger partial charge in [0.25, 0.3) is 0 Å². The molecule has 0 saturated heterocycles. The lowest BCUT2D eigenvalue weighted by molar-refractivity contribution is -0.121. The van der Waals surface area contributed by atoms with E-state index < -0.39 is 0 Å². The molecule has 0 atom stereocenters. The van der Waals surface area contributed by atoms with Crippen molar-refractivity contribution in [1.82, 2.24) is 20.3 Å². The van der Waals surface area contributed by atoms with E-state index in [2.05, 4.69) is 20.9 Å². The van der Waals surface area contributed by atoms with Gasteiger partial charge in [0, 0.05) is 13.0 Å². The van der Waals surface area contributed by atoms with E-state index in [-0.39, 0.29) is 18.4 Å². The van der Waals surface area contributed by atoms with Gasteiger partial charge >= 0.3 is 0 Å². The Labute approximate surface area is 140 Å². The molecular formula is C16H21N5O3. The van der Waals surface area contributed by atoms with Crippen LogP contribution in [0.3, 0.4) is 0 Å². The van der Waals surface area contributed by atoms with Crippen LogP contribution in [0.5, 0.6) is 5.75 Å². The van der Waals surface area contributed by atoms with Gasteiger partial charge in [-0.1, -0.05) is 24.3 Å². The minimum absolute atomic E-state index is 0.0487.